The van der Waals surface area contributed by atoms with Crippen molar-refractivity contribution in [1.29, 1.82) is 0 Å². The fourth-order valence-electron chi connectivity index (χ4n) is 2.55. The molecule has 8 heteroatoms. The van der Waals surface area contributed by atoms with E-state index in [0.717, 1.165) is 5.56 Å². The quantitative estimate of drug-likeness (QED) is 0.593. The van der Waals surface area contributed by atoms with E-state index in [-0.39, 0.29) is 23.3 Å². The van der Waals surface area contributed by atoms with Crippen LogP contribution in [0.15, 0.2) is 63.7 Å². The highest BCUT2D eigenvalue weighted by atomic mass is 32.2. The summed E-state index contributed by atoms with van der Waals surface area (Å²) in [6.07, 6.45) is 1.59. The summed E-state index contributed by atoms with van der Waals surface area (Å²) in [5.41, 5.74) is 1.03. The molecule has 2 heterocycles. The van der Waals surface area contributed by atoms with E-state index in [2.05, 4.69) is 10.5 Å². The molecule has 0 bridgehead atoms. The molecule has 7 nitrogen and oxygen atoms in total. The third-order valence-electron chi connectivity index (χ3n) is 3.85. The number of nitrogens with one attached hydrogen (secondary N) is 1. The summed E-state index contributed by atoms with van der Waals surface area (Å²) in [6, 6.07) is 15.0. The molecule has 1 aromatic carbocycles. The summed E-state index contributed by atoms with van der Waals surface area (Å²) in [6.45, 7) is 2.60. The van der Waals surface area contributed by atoms with Crippen molar-refractivity contribution >= 4 is 29.4 Å². The van der Waals surface area contributed by atoms with Crippen LogP contribution in [-0.2, 0) is 22.7 Å². The van der Waals surface area contributed by atoms with Gasteiger partial charge >= 0.3 is 0 Å². The van der Waals surface area contributed by atoms with Crippen LogP contribution < -0.4 is 5.32 Å². The van der Waals surface area contributed by atoms with Crippen LogP contribution in [0.25, 0.3) is 0 Å². The van der Waals surface area contributed by atoms with Gasteiger partial charge in [-0.05, 0) is 24.6 Å². The van der Waals surface area contributed by atoms with Crippen molar-refractivity contribution in [3.8, 4) is 0 Å². The molecule has 2 aromatic heterocycles. The van der Waals surface area contributed by atoms with Crippen molar-refractivity contribution < 1.29 is 18.5 Å². The van der Waals surface area contributed by atoms with Crippen LogP contribution >= 0.6 is 11.8 Å². The fourth-order valence-corrected chi connectivity index (χ4v) is 3.27. The van der Waals surface area contributed by atoms with Crippen LogP contribution in [0.1, 0.15) is 17.1 Å². The topological polar surface area (TPSA) is 88.6 Å². The second-order valence-corrected chi connectivity index (χ2v) is 7.16. The first-order chi connectivity index (χ1) is 13.6. The third kappa shape index (κ3) is 6.02. The van der Waals surface area contributed by atoms with E-state index in [4.69, 9.17) is 8.94 Å². The minimum atomic E-state index is -0.230. The molecule has 0 saturated heterocycles. The maximum absolute atomic E-state index is 12.7. The Kier molecular flexibility index (Phi) is 6.91. The van der Waals surface area contributed by atoms with Crippen molar-refractivity contribution in [2.75, 3.05) is 16.8 Å². The number of carbonyl (C=O) groups excluding carboxylic acids is 2. The van der Waals surface area contributed by atoms with Crippen LogP contribution in [-0.4, -0.2) is 33.4 Å². The van der Waals surface area contributed by atoms with Gasteiger partial charge in [-0.3, -0.25) is 9.59 Å². The molecule has 0 radical (unpaired) electrons. The zero-order chi connectivity index (χ0) is 19.8. The van der Waals surface area contributed by atoms with E-state index in [9.17, 15) is 9.59 Å². The Morgan fingerprint density at radius 1 is 1.11 bits per heavy atom. The summed E-state index contributed by atoms with van der Waals surface area (Å²) >= 11 is 1.25. The molecular weight excluding hydrogens is 378 g/mol. The Bertz CT molecular complexity index is 893. The van der Waals surface area contributed by atoms with E-state index in [1.165, 1.54) is 11.8 Å². The minimum Gasteiger partial charge on any atom is -0.467 e. The molecule has 3 aromatic rings. The average Bonchev–Trinajstić information content (AvgIpc) is 3.33. The van der Waals surface area contributed by atoms with Crippen molar-refractivity contribution in [2.45, 2.75) is 20.0 Å². The number of rotatable bonds is 9. The first-order valence-electron chi connectivity index (χ1n) is 8.75. The number of hydrogen-bond acceptors (Lipinski definition) is 6. The Labute approximate surface area is 167 Å². The molecule has 0 fully saturated rings. The highest BCUT2D eigenvalue weighted by Gasteiger charge is 2.17. The molecule has 0 aliphatic heterocycles. The lowest BCUT2D eigenvalue weighted by Gasteiger charge is -2.21. The standard InChI is InChI=1S/C20H21N3O4S/c1-15-10-18(22-27-15)21-19(24)13-28-14-20(25)23(12-17-8-5-9-26-17)11-16-6-3-2-4-7-16/h2-10H,11-14H2,1H3,(H,21,22,24). The Morgan fingerprint density at radius 2 is 1.93 bits per heavy atom. The van der Waals surface area contributed by atoms with Crippen molar-refractivity contribution in [3.05, 3.63) is 71.9 Å². The minimum absolute atomic E-state index is 0.0599. The lowest BCUT2D eigenvalue weighted by atomic mass is 10.2. The maximum atomic E-state index is 12.7. The van der Waals surface area contributed by atoms with Gasteiger partial charge in [-0.2, -0.15) is 0 Å². The summed E-state index contributed by atoms with van der Waals surface area (Å²) in [5.74, 6) is 1.76. The van der Waals surface area contributed by atoms with Gasteiger partial charge in [0.1, 0.15) is 11.5 Å². The lowest BCUT2D eigenvalue weighted by molar-refractivity contribution is -0.129. The smallest absolute Gasteiger partial charge is 0.235 e. The van der Waals surface area contributed by atoms with Gasteiger partial charge in [-0.15, -0.1) is 11.8 Å². The number of nitrogens with zero attached hydrogens (tertiary/aromatic N) is 2. The molecule has 0 atom stereocenters. The van der Waals surface area contributed by atoms with E-state index < -0.39 is 0 Å². The SMILES string of the molecule is Cc1cc(NC(=O)CSCC(=O)N(Cc2ccccc2)Cc2ccco2)no1. The molecule has 28 heavy (non-hydrogen) atoms. The number of furan rings is 1. The summed E-state index contributed by atoms with van der Waals surface area (Å²) < 4.78 is 10.3. The van der Waals surface area contributed by atoms with Crippen LogP contribution in [0.4, 0.5) is 5.82 Å². The molecule has 3 rings (SSSR count). The molecule has 0 spiro atoms. The van der Waals surface area contributed by atoms with Crippen molar-refractivity contribution in [1.82, 2.24) is 10.1 Å². The van der Waals surface area contributed by atoms with Gasteiger partial charge in [0.25, 0.3) is 0 Å². The number of anilines is 1. The molecule has 2 amide bonds. The second-order valence-electron chi connectivity index (χ2n) is 6.18. The van der Waals surface area contributed by atoms with Crippen molar-refractivity contribution in [2.24, 2.45) is 0 Å². The van der Waals surface area contributed by atoms with Gasteiger partial charge in [0.15, 0.2) is 5.82 Å². The zero-order valence-corrected chi connectivity index (χ0v) is 16.3. The molecular formula is C20H21N3O4S. The van der Waals surface area contributed by atoms with Gasteiger partial charge in [-0.25, -0.2) is 0 Å². The first-order valence-corrected chi connectivity index (χ1v) is 9.90. The monoisotopic (exact) mass is 399 g/mol. The summed E-state index contributed by atoms with van der Waals surface area (Å²) in [7, 11) is 0. The number of aryl methyl sites for hydroxylation is 1. The van der Waals surface area contributed by atoms with Crippen LogP contribution in [0.2, 0.25) is 0 Å². The largest absolute Gasteiger partial charge is 0.467 e. The van der Waals surface area contributed by atoms with E-state index in [0.29, 0.717) is 30.4 Å². The molecule has 146 valence electrons. The van der Waals surface area contributed by atoms with E-state index in [1.54, 1.807) is 30.2 Å². The maximum Gasteiger partial charge on any atom is 0.235 e. The average molecular weight is 399 g/mol. The van der Waals surface area contributed by atoms with Gasteiger partial charge in [0.05, 0.1) is 24.3 Å². The van der Waals surface area contributed by atoms with Gasteiger partial charge in [0.2, 0.25) is 11.8 Å². The second kappa shape index (κ2) is 9.80. The van der Waals surface area contributed by atoms with Gasteiger partial charge < -0.3 is 19.2 Å². The van der Waals surface area contributed by atoms with Crippen LogP contribution in [0.3, 0.4) is 0 Å². The van der Waals surface area contributed by atoms with Crippen LogP contribution in [0.5, 0.6) is 0 Å². The molecule has 0 unspecified atom stereocenters. The zero-order valence-electron chi connectivity index (χ0n) is 15.5. The predicted molar refractivity (Wildman–Crippen MR) is 107 cm³/mol. The van der Waals surface area contributed by atoms with Crippen LogP contribution in [0, 0.1) is 6.92 Å². The Hall–Kier alpha value is -3.00. The van der Waals surface area contributed by atoms with E-state index >= 15 is 0 Å². The highest BCUT2D eigenvalue weighted by Crippen LogP contribution is 2.14. The summed E-state index contributed by atoms with van der Waals surface area (Å²) in [5, 5.41) is 6.35. The number of hydrogen-bond donors (Lipinski definition) is 1. The van der Waals surface area contributed by atoms with Gasteiger partial charge in [0, 0.05) is 12.6 Å². The number of thioether (sulfide) groups is 1. The number of amides is 2. The molecule has 0 aliphatic rings. The molecule has 0 aliphatic carbocycles. The Balaban J connectivity index is 1.52. The number of carbonyl (C=O) groups is 2. The highest BCUT2D eigenvalue weighted by molar-refractivity contribution is 8.00. The number of aromatic nitrogens is 1. The van der Waals surface area contributed by atoms with Crippen molar-refractivity contribution in [3.63, 3.8) is 0 Å². The lowest BCUT2D eigenvalue weighted by Crippen LogP contribution is -2.31. The third-order valence-corrected chi connectivity index (χ3v) is 4.77. The summed E-state index contributed by atoms with van der Waals surface area (Å²) in [4.78, 5) is 26.4. The molecule has 1 N–H and O–H groups in total. The normalized spacial score (nSPS) is 10.6. The number of benzene rings is 1. The first kappa shape index (κ1) is 19.8. The van der Waals surface area contributed by atoms with Gasteiger partial charge in [-0.1, -0.05) is 35.5 Å². The fraction of sp³-hybridized carbons (Fsp3) is 0.250. The Morgan fingerprint density at radius 3 is 2.61 bits per heavy atom. The predicted octanol–water partition coefficient (Wildman–Crippen LogP) is 3.48. The van der Waals surface area contributed by atoms with E-state index in [1.807, 2.05) is 36.4 Å². The molecule has 0 saturated carbocycles.